The quantitative estimate of drug-likeness (QED) is 0.704. The van der Waals surface area contributed by atoms with E-state index in [2.05, 4.69) is 5.32 Å². The third kappa shape index (κ3) is 3.97. The minimum Gasteiger partial charge on any atom is -0.467 e. The molecule has 0 aliphatic carbocycles. The molecule has 0 unspecified atom stereocenters. The van der Waals surface area contributed by atoms with Crippen molar-refractivity contribution in [3.63, 3.8) is 0 Å². The topological polar surface area (TPSA) is 102 Å². The Hall–Kier alpha value is -1.26. The van der Waals surface area contributed by atoms with Crippen LogP contribution in [0.2, 0.25) is 0 Å². The molecule has 0 aromatic heterocycles. The van der Waals surface area contributed by atoms with Crippen LogP contribution in [0.3, 0.4) is 0 Å². The minimum atomic E-state index is -1.01. The minimum absolute atomic E-state index is 0.157. The molecule has 1 N–H and O–H groups in total. The molecule has 0 saturated carbocycles. The molecule has 3 heterocycles. The molecular weight excluding hydrogens is 358 g/mol. The number of hydrogen-bond donors (Lipinski definition) is 1. The molecule has 3 aliphatic heterocycles. The van der Waals surface area contributed by atoms with Crippen molar-refractivity contribution in [2.45, 2.75) is 89.9 Å². The molecule has 0 spiro atoms. The van der Waals surface area contributed by atoms with Crippen LogP contribution in [0.25, 0.3) is 0 Å². The fourth-order valence-corrected chi connectivity index (χ4v) is 3.68. The molecule has 3 saturated heterocycles. The Morgan fingerprint density at radius 2 is 1.48 bits per heavy atom. The zero-order chi connectivity index (χ0) is 20.1. The van der Waals surface area contributed by atoms with E-state index in [0.29, 0.717) is 0 Å². The van der Waals surface area contributed by atoms with Crippen LogP contribution in [0, 0.1) is 5.92 Å². The summed E-state index contributed by atoms with van der Waals surface area (Å²) in [7, 11) is 1.28. The fraction of sp³-hybridized carbons (Fsp3) is 0.889. The van der Waals surface area contributed by atoms with Gasteiger partial charge in [-0.3, -0.25) is 4.79 Å². The zero-order valence-electron chi connectivity index (χ0n) is 16.8. The Morgan fingerprint density at radius 1 is 0.926 bits per heavy atom. The van der Waals surface area contributed by atoms with Crippen LogP contribution >= 0.6 is 0 Å². The summed E-state index contributed by atoms with van der Waals surface area (Å²) in [6, 6.07) is -0.796. The van der Waals surface area contributed by atoms with Gasteiger partial charge in [-0.15, -0.1) is 0 Å². The molecule has 3 fully saturated rings. The molecule has 9 nitrogen and oxygen atoms in total. The number of fused-ring (bicyclic) bond motifs is 3. The molecule has 0 bridgehead atoms. The van der Waals surface area contributed by atoms with Gasteiger partial charge >= 0.3 is 5.97 Å². The van der Waals surface area contributed by atoms with Gasteiger partial charge in [0.1, 0.15) is 24.4 Å². The maximum Gasteiger partial charge on any atom is 0.328 e. The Kier molecular flexibility index (Phi) is 5.28. The Morgan fingerprint density at radius 3 is 2.07 bits per heavy atom. The maximum atomic E-state index is 13.0. The summed E-state index contributed by atoms with van der Waals surface area (Å²) in [6.45, 7) is 10.7. The third-order valence-electron chi connectivity index (χ3n) is 4.83. The summed E-state index contributed by atoms with van der Waals surface area (Å²) in [5, 5.41) is 2.71. The average Bonchev–Trinajstić information content (AvgIpc) is 3.04. The van der Waals surface area contributed by atoms with E-state index in [1.165, 1.54) is 7.11 Å². The van der Waals surface area contributed by atoms with Crippen molar-refractivity contribution in [2.24, 2.45) is 5.92 Å². The van der Waals surface area contributed by atoms with Gasteiger partial charge in [0.15, 0.2) is 24.0 Å². The normalized spacial score (nSPS) is 37.4. The summed E-state index contributed by atoms with van der Waals surface area (Å²) in [6.07, 6.45) is -3.53. The van der Waals surface area contributed by atoms with E-state index in [0.717, 1.165) is 0 Å². The fourth-order valence-electron chi connectivity index (χ4n) is 3.68. The van der Waals surface area contributed by atoms with E-state index < -0.39 is 60.2 Å². The highest BCUT2D eigenvalue weighted by Gasteiger charge is 2.62. The average molecular weight is 387 g/mol. The van der Waals surface area contributed by atoms with Crippen LogP contribution < -0.4 is 5.32 Å². The summed E-state index contributed by atoms with van der Waals surface area (Å²) >= 11 is 0. The van der Waals surface area contributed by atoms with E-state index in [1.807, 2.05) is 13.8 Å². The summed E-state index contributed by atoms with van der Waals surface area (Å²) < 4.78 is 34.3. The highest BCUT2D eigenvalue weighted by Crippen LogP contribution is 2.44. The standard InChI is InChI=1S/C18H29NO8/c1-8(2)9(15(21)22-7)19-14(20)12-10-11(25-17(3,4)24-10)13-16(23-12)27-18(5,6)26-13/h8-13,16H,1-7H3,(H,19,20)/t9-,10+,11-,12-,13+,16+/m0/s1. The Balaban J connectivity index is 1.82. The number of hydrogen-bond acceptors (Lipinski definition) is 8. The number of carbonyl (C=O) groups is 2. The first-order valence-corrected chi connectivity index (χ1v) is 9.19. The van der Waals surface area contributed by atoms with Gasteiger partial charge in [0, 0.05) is 0 Å². The lowest BCUT2D eigenvalue weighted by molar-refractivity contribution is -0.231. The van der Waals surface area contributed by atoms with Gasteiger partial charge in [-0.25, -0.2) is 4.79 Å². The SMILES string of the molecule is COC(=O)[C@@H](NC(=O)[C@H]1O[C@@H]2OC(C)(C)O[C@@H]2[C@H]2OC(C)(C)O[C@H]21)C(C)C. The number of methoxy groups -OCH3 is 1. The molecular formula is C18H29NO8. The molecule has 1 amide bonds. The second-order valence-electron chi connectivity index (χ2n) is 8.34. The Bertz CT molecular complexity index is 604. The number of carbonyl (C=O) groups excluding carboxylic acids is 2. The van der Waals surface area contributed by atoms with Crippen molar-refractivity contribution in [1.82, 2.24) is 5.32 Å². The molecule has 6 atom stereocenters. The highest BCUT2D eigenvalue weighted by atomic mass is 16.9. The monoisotopic (exact) mass is 387 g/mol. The molecule has 0 aromatic rings. The number of nitrogens with one attached hydrogen (secondary N) is 1. The lowest BCUT2D eigenvalue weighted by Crippen LogP contribution is -2.61. The van der Waals surface area contributed by atoms with Crippen LogP contribution in [-0.2, 0) is 38.0 Å². The third-order valence-corrected chi connectivity index (χ3v) is 4.83. The summed E-state index contributed by atoms with van der Waals surface area (Å²) in [5.74, 6) is -2.93. The molecule has 9 heteroatoms. The van der Waals surface area contributed by atoms with Gasteiger partial charge in [0.05, 0.1) is 7.11 Å². The van der Waals surface area contributed by atoms with Crippen molar-refractivity contribution in [3.05, 3.63) is 0 Å². The van der Waals surface area contributed by atoms with Gasteiger partial charge in [-0.2, -0.15) is 0 Å². The van der Waals surface area contributed by atoms with Gasteiger partial charge in [0.25, 0.3) is 5.91 Å². The predicted molar refractivity (Wildman–Crippen MR) is 91.3 cm³/mol. The first-order valence-electron chi connectivity index (χ1n) is 9.19. The van der Waals surface area contributed by atoms with Gasteiger partial charge in [0.2, 0.25) is 0 Å². The highest BCUT2D eigenvalue weighted by molar-refractivity contribution is 5.87. The van der Waals surface area contributed by atoms with Crippen LogP contribution in [0.4, 0.5) is 0 Å². The zero-order valence-corrected chi connectivity index (χ0v) is 16.8. The molecule has 0 radical (unpaired) electrons. The van der Waals surface area contributed by atoms with E-state index in [1.54, 1.807) is 27.7 Å². The van der Waals surface area contributed by atoms with Crippen molar-refractivity contribution < 1.29 is 38.0 Å². The van der Waals surface area contributed by atoms with Crippen LogP contribution in [0.15, 0.2) is 0 Å². The first-order chi connectivity index (χ1) is 12.4. The number of rotatable bonds is 4. The summed E-state index contributed by atoms with van der Waals surface area (Å²) in [5.41, 5.74) is 0. The summed E-state index contributed by atoms with van der Waals surface area (Å²) in [4.78, 5) is 25.0. The number of esters is 1. The van der Waals surface area contributed by atoms with E-state index in [9.17, 15) is 9.59 Å². The molecule has 27 heavy (non-hydrogen) atoms. The molecule has 3 aliphatic rings. The van der Waals surface area contributed by atoms with E-state index in [4.69, 9.17) is 28.4 Å². The van der Waals surface area contributed by atoms with E-state index in [-0.39, 0.29) is 5.92 Å². The largest absolute Gasteiger partial charge is 0.467 e. The van der Waals surface area contributed by atoms with Gasteiger partial charge < -0.3 is 33.7 Å². The second-order valence-corrected chi connectivity index (χ2v) is 8.34. The van der Waals surface area contributed by atoms with E-state index >= 15 is 0 Å². The van der Waals surface area contributed by atoms with Crippen molar-refractivity contribution in [3.8, 4) is 0 Å². The second kappa shape index (κ2) is 6.97. The van der Waals surface area contributed by atoms with Crippen molar-refractivity contribution in [1.29, 1.82) is 0 Å². The predicted octanol–water partition coefficient (Wildman–Crippen LogP) is 0.697. The van der Waals surface area contributed by atoms with Crippen molar-refractivity contribution in [2.75, 3.05) is 7.11 Å². The lowest BCUT2D eigenvalue weighted by Gasteiger charge is -2.37. The molecule has 0 aromatic carbocycles. The van der Waals surface area contributed by atoms with Crippen LogP contribution in [-0.4, -0.2) is 67.3 Å². The molecule has 154 valence electrons. The van der Waals surface area contributed by atoms with Crippen LogP contribution in [0.5, 0.6) is 0 Å². The molecule has 3 rings (SSSR count). The Labute approximate surface area is 158 Å². The lowest BCUT2D eigenvalue weighted by atomic mass is 9.97. The van der Waals surface area contributed by atoms with Crippen molar-refractivity contribution >= 4 is 11.9 Å². The maximum absolute atomic E-state index is 13.0. The number of amides is 1. The van der Waals surface area contributed by atoms with Gasteiger partial charge in [-0.1, -0.05) is 13.8 Å². The number of ether oxygens (including phenoxy) is 6. The van der Waals surface area contributed by atoms with Crippen LogP contribution in [0.1, 0.15) is 41.5 Å². The first kappa shape index (κ1) is 20.5. The smallest absolute Gasteiger partial charge is 0.328 e. The van der Waals surface area contributed by atoms with Gasteiger partial charge in [-0.05, 0) is 33.6 Å².